The van der Waals surface area contributed by atoms with Crippen LogP contribution in [0.2, 0.25) is 0 Å². The van der Waals surface area contributed by atoms with Crippen molar-refractivity contribution in [1.29, 1.82) is 0 Å². The van der Waals surface area contributed by atoms with Gasteiger partial charge in [0.1, 0.15) is 0 Å². The molecule has 7 heteroatoms. The predicted octanol–water partition coefficient (Wildman–Crippen LogP) is 4.36. The van der Waals surface area contributed by atoms with E-state index >= 15 is 0 Å². The van der Waals surface area contributed by atoms with Crippen LogP contribution in [0.3, 0.4) is 0 Å². The molecule has 2 aromatic carbocycles. The Balaban J connectivity index is 1.67. The Hall–Kier alpha value is -4.13. The Labute approximate surface area is 173 Å². The van der Waals surface area contributed by atoms with Crippen LogP contribution in [0.15, 0.2) is 77.4 Å². The summed E-state index contributed by atoms with van der Waals surface area (Å²) in [6, 6.07) is 16.8. The van der Waals surface area contributed by atoms with Gasteiger partial charge in [0.05, 0.1) is 24.1 Å². The lowest BCUT2D eigenvalue weighted by Gasteiger charge is -2.11. The second kappa shape index (κ2) is 9.88. The zero-order valence-electron chi connectivity index (χ0n) is 16.3. The van der Waals surface area contributed by atoms with Crippen LogP contribution >= 0.6 is 0 Å². The molecule has 0 aliphatic heterocycles. The smallest absolute Gasteiger partial charge is 0.330 e. The molecular formula is C23H20N2O5. The van der Waals surface area contributed by atoms with Gasteiger partial charge in [-0.15, -0.1) is 0 Å². The van der Waals surface area contributed by atoms with Crippen molar-refractivity contribution in [3.05, 3.63) is 89.9 Å². The first kappa shape index (κ1) is 20.6. The topological polar surface area (TPSA) is 97.6 Å². The van der Waals surface area contributed by atoms with E-state index in [1.54, 1.807) is 67.6 Å². The lowest BCUT2D eigenvalue weighted by atomic mass is 10.1. The van der Waals surface area contributed by atoms with E-state index in [1.165, 1.54) is 18.4 Å². The molecule has 0 saturated heterocycles. The normalized spacial score (nSPS) is 10.6. The summed E-state index contributed by atoms with van der Waals surface area (Å²) in [6.45, 7) is 2.06. The number of carbonyl (C=O) groups is 3. The van der Waals surface area contributed by atoms with Crippen molar-refractivity contribution in [2.45, 2.75) is 6.92 Å². The van der Waals surface area contributed by atoms with Crippen LogP contribution in [0.5, 0.6) is 0 Å². The summed E-state index contributed by atoms with van der Waals surface area (Å²) in [4.78, 5) is 36.3. The average Bonchev–Trinajstić information content (AvgIpc) is 3.29. The van der Waals surface area contributed by atoms with Crippen molar-refractivity contribution < 1.29 is 23.5 Å². The molecule has 30 heavy (non-hydrogen) atoms. The standard InChI is InChI=1S/C23H20N2O5/c1-2-29-21(26)14-11-16-9-12-17(13-10-16)24-22(27)18-6-3-4-7-19(18)25-23(28)20-8-5-15-30-20/h3-15H,2H2,1H3,(H,24,27)(H,25,28)/b14-11+. The summed E-state index contributed by atoms with van der Waals surface area (Å²) >= 11 is 0. The Morgan fingerprint density at radius 1 is 0.933 bits per heavy atom. The van der Waals surface area contributed by atoms with E-state index in [9.17, 15) is 14.4 Å². The zero-order valence-corrected chi connectivity index (χ0v) is 16.3. The number of hydrogen-bond acceptors (Lipinski definition) is 5. The number of anilines is 2. The lowest BCUT2D eigenvalue weighted by molar-refractivity contribution is -0.137. The average molecular weight is 404 g/mol. The van der Waals surface area contributed by atoms with Crippen LogP contribution in [0.4, 0.5) is 11.4 Å². The summed E-state index contributed by atoms with van der Waals surface area (Å²) in [6.07, 6.45) is 4.37. The maximum Gasteiger partial charge on any atom is 0.330 e. The van der Waals surface area contributed by atoms with Gasteiger partial charge in [-0.1, -0.05) is 24.3 Å². The maximum atomic E-state index is 12.7. The highest BCUT2D eigenvalue weighted by Gasteiger charge is 2.15. The summed E-state index contributed by atoms with van der Waals surface area (Å²) in [7, 11) is 0. The fraction of sp³-hybridized carbons (Fsp3) is 0.0870. The number of nitrogens with one attached hydrogen (secondary N) is 2. The van der Waals surface area contributed by atoms with Crippen LogP contribution in [0.1, 0.15) is 33.4 Å². The van der Waals surface area contributed by atoms with Crippen LogP contribution in [0.25, 0.3) is 6.08 Å². The van der Waals surface area contributed by atoms with Crippen molar-refractivity contribution in [2.24, 2.45) is 0 Å². The molecule has 0 unspecified atom stereocenters. The number of ether oxygens (including phenoxy) is 1. The van der Waals surface area contributed by atoms with Gasteiger partial charge in [-0.25, -0.2) is 4.79 Å². The minimum atomic E-state index is -0.446. The lowest BCUT2D eigenvalue weighted by Crippen LogP contribution is -2.18. The van der Waals surface area contributed by atoms with E-state index in [0.29, 0.717) is 23.5 Å². The maximum absolute atomic E-state index is 12.7. The second-order valence-corrected chi connectivity index (χ2v) is 6.14. The number of para-hydroxylation sites is 1. The molecule has 0 saturated carbocycles. The van der Waals surface area contributed by atoms with Crippen molar-refractivity contribution in [2.75, 3.05) is 17.2 Å². The van der Waals surface area contributed by atoms with E-state index in [1.807, 2.05) is 0 Å². The summed E-state index contributed by atoms with van der Waals surface area (Å²) in [5.74, 6) is -1.09. The molecule has 0 aliphatic carbocycles. The first-order valence-electron chi connectivity index (χ1n) is 9.27. The first-order chi connectivity index (χ1) is 14.6. The molecule has 3 rings (SSSR count). The molecule has 1 heterocycles. The Bertz CT molecular complexity index is 1050. The molecule has 0 bridgehead atoms. The van der Waals surface area contributed by atoms with Gasteiger partial charge in [-0.3, -0.25) is 9.59 Å². The minimum absolute atomic E-state index is 0.150. The molecule has 0 fully saturated rings. The molecule has 152 valence electrons. The molecule has 2 amide bonds. The van der Waals surface area contributed by atoms with Gasteiger partial charge in [0, 0.05) is 11.8 Å². The quantitative estimate of drug-likeness (QED) is 0.450. The summed E-state index contributed by atoms with van der Waals surface area (Å²) < 4.78 is 9.91. The van der Waals surface area contributed by atoms with Gasteiger partial charge in [0.2, 0.25) is 0 Å². The van der Waals surface area contributed by atoms with Gasteiger partial charge in [0.25, 0.3) is 11.8 Å². The molecule has 0 aliphatic rings. The van der Waals surface area contributed by atoms with Crippen molar-refractivity contribution in [3.63, 3.8) is 0 Å². The van der Waals surface area contributed by atoms with Gasteiger partial charge >= 0.3 is 5.97 Å². The summed E-state index contributed by atoms with van der Waals surface area (Å²) in [5.41, 5.74) is 2.03. The Morgan fingerprint density at radius 3 is 2.40 bits per heavy atom. The molecule has 2 N–H and O–H groups in total. The highest BCUT2D eigenvalue weighted by molar-refractivity contribution is 6.12. The van der Waals surface area contributed by atoms with Gasteiger partial charge in [-0.05, 0) is 55.0 Å². The van der Waals surface area contributed by atoms with Crippen molar-refractivity contribution >= 4 is 35.2 Å². The fourth-order valence-corrected chi connectivity index (χ4v) is 2.61. The number of esters is 1. The van der Waals surface area contributed by atoms with Crippen LogP contribution < -0.4 is 10.6 Å². The van der Waals surface area contributed by atoms with Crippen LogP contribution in [-0.4, -0.2) is 24.4 Å². The van der Waals surface area contributed by atoms with Crippen LogP contribution in [-0.2, 0) is 9.53 Å². The van der Waals surface area contributed by atoms with Gasteiger partial charge in [0.15, 0.2) is 5.76 Å². The second-order valence-electron chi connectivity index (χ2n) is 6.14. The molecule has 0 radical (unpaired) electrons. The number of carbonyl (C=O) groups excluding carboxylic acids is 3. The molecule has 1 aromatic heterocycles. The number of rotatable bonds is 7. The number of hydrogen-bond donors (Lipinski definition) is 2. The number of benzene rings is 2. The SMILES string of the molecule is CCOC(=O)/C=C/c1ccc(NC(=O)c2ccccc2NC(=O)c2ccco2)cc1. The number of amides is 2. The summed E-state index contributed by atoms with van der Waals surface area (Å²) in [5, 5.41) is 5.47. The third-order valence-corrected chi connectivity index (χ3v) is 4.03. The molecule has 3 aromatic rings. The Morgan fingerprint density at radius 2 is 1.70 bits per heavy atom. The van der Waals surface area contributed by atoms with Crippen molar-refractivity contribution in [3.8, 4) is 0 Å². The van der Waals surface area contributed by atoms with E-state index in [0.717, 1.165) is 5.56 Å². The molecular weight excluding hydrogens is 384 g/mol. The Kier molecular flexibility index (Phi) is 6.78. The third-order valence-electron chi connectivity index (χ3n) is 4.03. The van der Waals surface area contributed by atoms with Crippen molar-refractivity contribution in [1.82, 2.24) is 0 Å². The van der Waals surface area contributed by atoms with Gasteiger partial charge in [-0.2, -0.15) is 0 Å². The van der Waals surface area contributed by atoms with E-state index in [2.05, 4.69) is 10.6 Å². The molecule has 7 nitrogen and oxygen atoms in total. The monoisotopic (exact) mass is 404 g/mol. The predicted molar refractivity (Wildman–Crippen MR) is 113 cm³/mol. The minimum Gasteiger partial charge on any atom is -0.463 e. The zero-order chi connectivity index (χ0) is 21.3. The molecule has 0 atom stereocenters. The fourth-order valence-electron chi connectivity index (χ4n) is 2.61. The number of furan rings is 1. The van der Waals surface area contributed by atoms with E-state index < -0.39 is 11.9 Å². The highest BCUT2D eigenvalue weighted by Crippen LogP contribution is 2.19. The molecule has 0 spiro atoms. The van der Waals surface area contributed by atoms with E-state index in [-0.39, 0.29) is 11.7 Å². The van der Waals surface area contributed by atoms with E-state index in [4.69, 9.17) is 9.15 Å². The van der Waals surface area contributed by atoms with Gasteiger partial charge < -0.3 is 19.8 Å². The van der Waals surface area contributed by atoms with Crippen LogP contribution in [0, 0.1) is 0 Å². The first-order valence-corrected chi connectivity index (χ1v) is 9.27. The largest absolute Gasteiger partial charge is 0.463 e. The highest BCUT2D eigenvalue weighted by atomic mass is 16.5. The third kappa shape index (κ3) is 5.45.